The van der Waals surface area contributed by atoms with E-state index in [1.807, 2.05) is 6.07 Å². The van der Waals surface area contributed by atoms with Gasteiger partial charge in [0, 0.05) is 18.2 Å². The van der Waals surface area contributed by atoms with Gasteiger partial charge in [0.2, 0.25) is 0 Å². The smallest absolute Gasteiger partial charge is 0.272 e. The van der Waals surface area contributed by atoms with Crippen LogP contribution in [-0.2, 0) is 0 Å². The Hall–Kier alpha value is -2.09. The lowest BCUT2D eigenvalue weighted by atomic mass is 10.3. The summed E-state index contributed by atoms with van der Waals surface area (Å²) in [6.45, 7) is 0. The van der Waals surface area contributed by atoms with Crippen LogP contribution in [0.2, 0.25) is 0 Å². The largest absolute Gasteiger partial charge is 0.295 e. The lowest BCUT2D eigenvalue weighted by molar-refractivity contribution is 0.873. The Balaban J connectivity index is 2.36. The van der Waals surface area contributed by atoms with Crippen LogP contribution in [0.15, 0.2) is 17.1 Å². The molecule has 0 aromatic carbocycles. The Labute approximate surface area is 85.0 Å². The zero-order valence-electron chi connectivity index (χ0n) is 7.90. The molecule has 2 heterocycles. The van der Waals surface area contributed by atoms with Gasteiger partial charge in [-0.25, -0.2) is 9.50 Å². The summed E-state index contributed by atoms with van der Waals surface area (Å²) < 4.78 is 1.30. The van der Waals surface area contributed by atoms with Crippen molar-refractivity contribution < 1.29 is 0 Å². The lowest BCUT2D eigenvalue weighted by Crippen LogP contribution is -2.15. The molecule has 0 amide bonds. The average molecular weight is 200 g/mol. The first-order valence-electron chi connectivity index (χ1n) is 4.81. The molecule has 0 radical (unpaired) electrons. The van der Waals surface area contributed by atoms with Crippen molar-refractivity contribution in [3.05, 3.63) is 33.9 Å². The maximum atomic E-state index is 11.6. The number of nitrogens with one attached hydrogen (secondary N) is 1. The molecule has 1 aliphatic rings. The number of hydrogen-bond donors (Lipinski definition) is 1. The molecule has 0 unspecified atom stereocenters. The third-order valence-corrected chi connectivity index (χ3v) is 2.63. The predicted octanol–water partition coefficient (Wildman–Crippen LogP) is 0.772. The van der Waals surface area contributed by atoms with E-state index in [4.69, 9.17) is 5.26 Å². The molecule has 1 saturated carbocycles. The fraction of sp³-hybridized carbons (Fsp3) is 0.300. The second kappa shape index (κ2) is 2.70. The first-order chi connectivity index (χ1) is 7.29. The van der Waals surface area contributed by atoms with Crippen molar-refractivity contribution >= 4 is 5.65 Å². The highest BCUT2D eigenvalue weighted by molar-refractivity contribution is 5.54. The van der Waals surface area contributed by atoms with E-state index in [0.717, 1.165) is 18.5 Å². The zero-order chi connectivity index (χ0) is 10.4. The van der Waals surface area contributed by atoms with Gasteiger partial charge in [0.1, 0.15) is 11.6 Å². The number of aromatic amines is 1. The molecule has 74 valence electrons. The fourth-order valence-corrected chi connectivity index (χ4v) is 1.67. The summed E-state index contributed by atoms with van der Waals surface area (Å²) in [5, 5.41) is 11.5. The summed E-state index contributed by atoms with van der Waals surface area (Å²) in [4.78, 5) is 16.0. The third-order valence-electron chi connectivity index (χ3n) is 2.63. The average Bonchev–Trinajstić information content (AvgIpc) is 2.99. The van der Waals surface area contributed by atoms with Crippen LogP contribution in [0.4, 0.5) is 0 Å². The van der Waals surface area contributed by atoms with Crippen LogP contribution in [0, 0.1) is 11.3 Å². The van der Waals surface area contributed by atoms with Crippen molar-refractivity contribution in [2.75, 3.05) is 0 Å². The second-order valence-corrected chi connectivity index (χ2v) is 3.75. The maximum absolute atomic E-state index is 11.6. The van der Waals surface area contributed by atoms with Crippen molar-refractivity contribution in [1.82, 2.24) is 14.6 Å². The van der Waals surface area contributed by atoms with Gasteiger partial charge in [0.05, 0.1) is 5.69 Å². The maximum Gasteiger partial charge on any atom is 0.272 e. The van der Waals surface area contributed by atoms with Gasteiger partial charge >= 0.3 is 0 Å². The summed E-state index contributed by atoms with van der Waals surface area (Å²) in [5.41, 5.74) is 1.51. The van der Waals surface area contributed by atoms with Crippen molar-refractivity contribution in [2.45, 2.75) is 18.8 Å². The van der Waals surface area contributed by atoms with Gasteiger partial charge in [-0.15, -0.1) is 0 Å². The molecule has 1 fully saturated rings. The standard InChI is InChI=1S/C10H8N4O/c11-4-7-5-12-14-9(15)3-8(6-1-2-6)13-10(7)14/h3,5-6,12H,1-2H2. The molecule has 2 aromatic rings. The van der Waals surface area contributed by atoms with Crippen LogP contribution in [0.3, 0.4) is 0 Å². The van der Waals surface area contributed by atoms with E-state index < -0.39 is 0 Å². The van der Waals surface area contributed by atoms with E-state index in [-0.39, 0.29) is 5.56 Å². The highest BCUT2D eigenvalue weighted by atomic mass is 16.1. The Morgan fingerprint density at radius 2 is 2.40 bits per heavy atom. The highest BCUT2D eigenvalue weighted by Gasteiger charge is 2.26. The minimum atomic E-state index is -0.150. The molecule has 0 spiro atoms. The molecule has 0 aliphatic heterocycles. The SMILES string of the molecule is N#Cc1c[nH]n2c(=O)cc(C3CC3)nc12. The predicted molar refractivity (Wildman–Crippen MR) is 52.5 cm³/mol. The Bertz CT molecular complexity index is 627. The van der Waals surface area contributed by atoms with Gasteiger partial charge in [0.25, 0.3) is 5.56 Å². The first kappa shape index (κ1) is 8.24. The van der Waals surface area contributed by atoms with E-state index >= 15 is 0 Å². The van der Waals surface area contributed by atoms with Crippen LogP contribution in [0.25, 0.3) is 5.65 Å². The van der Waals surface area contributed by atoms with Crippen molar-refractivity contribution in [3.8, 4) is 6.07 Å². The van der Waals surface area contributed by atoms with Gasteiger partial charge in [-0.2, -0.15) is 5.26 Å². The van der Waals surface area contributed by atoms with Gasteiger partial charge in [-0.1, -0.05) is 0 Å². The first-order valence-corrected chi connectivity index (χ1v) is 4.81. The van der Waals surface area contributed by atoms with E-state index in [1.165, 1.54) is 10.7 Å². The minimum absolute atomic E-state index is 0.150. The zero-order valence-corrected chi connectivity index (χ0v) is 7.90. The quantitative estimate of drug-likeness (QED) is 0.738. The van der Waals surface area contributed by atoms with Gasteiger partial charge in [-0.3, -0.25) is 9.89 Å². The molecule has 5 heteroatoms. The monoisotopic (exact) mass is 200 g/mol. The molecule has 0 atom stereocenters. The van der Waals surface area contributed by atoms with Crippen molar-refractivity contribution in [2.24, 2.45) is 0 Å². The Morgan fingerprint density at radius 1 is 1.60 bits per heavy atom. The number of nitrogens with zero attached hydrogens (tertiary/aromatic N) is 3. The van der Waals surface area contributed by atoms with Crippen LogP contribution >= 0.6 is 0 Å². The normalized spacial score (nSPS) is 15.4. The number of rotatable bonds is 1. The molecule has 1 N–H and O–H groups in total. The molecule has 3 rings (SSSR count). The van der Waals surface area contributed by atoms with E-state index in [2.05, 4.69) is 10.1 Å². The Kier molecular flexibility index (Phi) is 1.48. The topological polar surface area (TPSA) is 73.9 Å². The molecule has 0 bridgehead atoms. The van der Waals surface area contributed by atoms with Crippen LogP contribution in [-0.4, -0.2) is 14.6 Å². The summed E-state index contributed by atoms with van der Waals surface area (Å²) in [7, 11) is 0. The van der Waals surface area contributed by atoms with Gasteiger partial charge in [0.15, 0.2) is 5.65 Å². The molecular formula is C10H8N4O. The Morgan fingerprint density at radius 3 is 3.07 bits per heavy atom. The number of hydrogen-bond acceptors (Lipinski definition) is 3. The van der Waals surface area contributed by atoms with Gasteiger partial charge < -0.3 is 0 Å². The van der Waals surface area contributed by atoms with Crippen LogP contribution in [0.5, 0.6) is 0 Å². The summed E-state index contributed by atoms with van der Waals surface area (Å²) in [6.07, 6.45) is 3.68. The lowest BCUT2D eigenvalue weighted by Gasteiger charge is -1.97. The molecule has 5 nitrogen and oxygen atoms in total. The molecule has 1 aliphatic carbocycles. The molecule has 15 heavy (non-hydrogen) atoms. The van der Waals surface area contributed by atoms with Crippen LogP contribution < -0.4 is 5.56 Å². The molecule has 0 saturated heterocycles. The summed E-state index contributed by atoms with van der Waals surface area (Å²) in [5.74, 6) is 0.421. The number of aromatic nitrogens is 3. The van der Waals surface area contributed by atoms with E-state index in [0.29, 0.717) is 17.1 Å². The molecular weight excluding hydrogens is 192 g/mol. The second-order valence-electron chi connectivity index (χ2n) is 3.75. The third kappa shape index (κ3) is 1.15. The summed E-state index contributed by atoms with van der Waals surface area (Å²) >= 11 is 0. The van der Waals surface area contributed by atoms with E-state index in [9.17, 15) is 4.79 Å². The van der Waals surface area contributed by atoms with E-state index in [1.54, 1.807) is 6.07 Å². The van der Waals surface area contributed by atoms with Gasteiger partial charge in [-0.05, 0) is 12.8 Å². The molecule has 2 aromatic heterocycles. The van der Waals surface area contributed by atoms with Crippen LogP contribution in [0.1, 0.15) is 30.0 Å². The fourth-order valence-electron chi connectivity index (χ4n) is 1.67. The minimum Gasteiger partial charge on any atom is -0.295 e. The number of H-pyrrole nitrogens is 1. The van der Waals surface area contributed by atoms with Crippen molar-refractivity contribution in [3.63, 3.8) is 0 Å². The number of fused-ring (bicyclic) bond motifs is 1. The summed E-state index contributed by atoms with van der Waals surface area (Å²) in [6, 6.07) is 3.55. The number of nitriles is 1. The van der Waals surface area contributed by atoms with Crippen molar-refractivity contribution in [1.29, 1.82) is 5.26 Å². The highest BCUT2D eigenvalue weighted by Crippen LogP contribution is 2.38.